The number of fused-ring (bicyclic) bond motifs is 1. The molecule has 0 amide bonds. The number of benzene rings is 3. The van der Waals surface area contributed by atoms with Crippen molar-refractivity contribution in [2.75, 3.05) is 7.11 Å². The molecule has 0 aliphatic heterocycles. The molecule has 4 rings (SSSR count). The number of carbonyl (C=O) groups excluding carboxylic acids is 1. The third-order valence-corrected chi connectivity index (χ3v) is 4.53. The first kappa shape index (κ1) is 20.6. The molecule has 0 fully saturated rings. The predicted octanol–water partition coefficient (Wildman–Crippen LogP) is 4.72. The van der Waals surface area contributed by atoms with E-state index < -0.39 is 16.3 Å². The van der Waals surface area contributed by atoms with E-state index in [0.29, 0.717) is 11.5 Å². The van der Waals surface area contributed by atoms with Gasteiger partial charge in [-0.15, -0.1) is 0 Å². The Labute approximate surface area is 180 Å². The fourth-order valence-electron chi connectivity index (χ4n) is 2.96. The summed E-state index contributed by atoms with van der Waals surface area (Å²) in [5.41, 5.74) is -0.823. The average molecular weight is 433 g/mol. The van der Waals surface area contributed by atoms with E-state index in [2.05, 4.69) is 0 Å². The van der Waals surface area contributed by atoms with Crippen molar-refractivity contribution in [2.45, 2.75) is 0 Å². The molecule has 0 spiro atoms. The second-order valence-electron chi connectivity index (χ2n) is 6.53. The minimum absolute atomic E-state index is 0.0210. The molecule has 0 bridgehead atoms. The number of rotatable bonds is 6. The highest BCUT2D eigenvalue weighted by Gasteiger charge is 2.21. The standard InChI is InChI=1S/C23H15NO8/c1-29-14-6-8-15(9-7-14)31-21-13-30-20-12-16(10-11-18(20)22(21)25)32-23(26)17-4-2-3-5-19(17)24(27)28/h2-13H,1H3. The summed E-state index contributed by atoms with van der Waals surface area (Å²) in [6.45, 7) is 0. The van der Waals surface area contributed by atoms with Gasteiger partial charge >= 0.3 is 5.97 Å². The zero-order chi connectivity index (χ0) is 22.7. The van der Waals surface area contributed by atoms with E-state index in [-0.39, 0.29) is 33.7 Å². The number of hydrogen-bond acceptors (Lipinski definition) is 8. The van der Waals surface area contributed by atoms with Crippen LogP contribution in [0.1, 0.15) is 10.4 Å². The number of carbonyl (C=O) groups is 1. The van der Waals surface area contributed by atoms with Crippen molar-refractivity contribution < 1.29 is 28.3 Å². The van der Waals surface area contributed by atoms with Crippen LogP contribution in [0.4, 0.5) is 5.69 Å². The Hall–Kier alpha value is -4.66. The van der Waals surface area contributed by atoms with E-state index in [0.717, 1.165) is 6.26 Å². The van der Waals surface area contributed by atoms with Crippen LogP contribution in [-0.4, -0.2) is 18.0 Å². The summed E-state index contributed by atoms with van der Waals surface area (Å²) in [6, 6.07) is 16.3. The molecule has 9 nitrogen and oxygen atoms in total. The number of ether oxygens (including phenoxy) is 3. The lowest BCUT2D eigenvalue weighted by Crippen LogP contribution is -2.11. The van der Waals surface area contributed by atoms with Crippen LogP contribution < -0.4 is 19.6 Å². The van der Waals surface area contributed by atoms with Crippen LogP contribution in [0.2, 0.25) is 0 Å². The van der Waals surface area contributed by atoms with E-state index in [1.54, 1.807) is 31.4 Å². The van der Waals surface area contributed by atoms with E-state index in [9.17, 15) is 19.7 Å². The van der Waals surface area contributed by atoms with Crippen molar-refractivity contribution in [2.24, 2.45) is 0 Å². The molecular weight excluding hydrogens is 418 g/mol. The van der Waals surface area contributed by atoms with Crippen LogP contribution in [-0.2, 0) is 0 Å². The topological polar surface area (TPSA) is 118 Å². The number of para-hydroxylation sites is 1. The van der Waals surface area contributed by atoms with Crippen molar-refractivity contribution in [1.82, 2.24) is 0 Å². The van der Waals surface area contributed by atoms with Crippen LogP contribution in [0.3, 0.4) is 0 Å². The van der Waals surface area contributed by atoms with Gasteiger partial charge in [-0.3, -0.25) is 14.9 Å². The minimum Gasteiger partial charge on any atom is -0.497 e. The van der Waals surface area contributed by atoms with Gasteiger partial charge in [0.2, 0.25) is 11.2 Å². The zero-order valence-corrected chi connectivity index (χ0v) is 16.6. The Morgan fingerprint density at radius 2 is 1.66 bits per heavy atom. The molecule has 0 atom stereocenters. The minimum atomic E-state index is -0.904. The molecule has 4 aromatic rings. The lowest BCUT2D eigenvalue weighted by atomic mass is 10.2. The van der Waals surface area contributed by atoms with Crippen molar-refractivity contribution in [1.29, 1.82) is 0 Å². The van der Waals surface area contributed by atoms with E-state index in [1.807, 2.05) is 0 Å². The number of hydrogen-bond donors (Lipinski definition) is 0. The Bertz CT molecular complexity index is 1380. The van der Waals surface area contributed by atoms with Crippen molar-refractivity contribution in [3.63, 3.8) is 0 Å². The Kier molecular flexibility index (Phi) is 5.54. The summed E-state index contributed by atoms with van der Waals surface area (Å²) in [5.74, 6) is 0.205. The lowest BCUT2D eigenvalue weighted by Gasteiger charge is -2.08. The first-order chi connectivity index (χ1) is 15.5. The molecule has 0 saturated carbocycles. The molecule has 0 radical (unpaired) electrons. The molecule has 0 unspecified atom stereocenters. The van der Waals surface area contributed by atoms with Crippen LogP contribution in [0, 0.1) is 10.1 Å². The van der Waals surface area contributed by atoms with Gasteiger partial charge in [-0.1, -0.05) is 12.1 Å². The van der Waals surface area contributed by atoms with Gasteiger partial charge in [0.15, 0.2) is 0 Å². The van der Waals surface area contributed by atoms with Gasteiger partial charge in [0.05, 0.1) is 17.4 Å². The SMILES string of the molecule is COc1ccc(Oc2coc3cc(OC(=O)c4ccccc4[N+](=O)[O-])ccc3c2=O)cc1. The fourth-order valence-corrected chi connectivity index (χ4v) is 2.96. The Morgan fingerprint density at radius 1 is 0.969 bits per heavy atom. The molecule has 0 aliphatic carbocycles. The van der Waals surface area contributed by atoms with Gasteiger partial charge in [-0.2, -0.15) is 0 Å². The highest BCUT2D eigenvalue weighted by Crippen LogP contribution is 2.26. The summed E-state index contributed by atoms with van der Waals surface area (Å²) in [5, 5.41) is 11.3. The summed E-state index contributed by atoms with van der Waals surface area (Å²) < 4.78 is 21.4. The second-order valence-corrected chi connectivity index (χ2v) is 6.53. The number of methoxy groups -OCH3 is 1. The molecule has 9 heteroatoms. The zero-order valence-electron chi connectivity index (χ0n) is 16.6. The van der Waals surface area contributed by atoms with Crippen molar-refractivity contribution in [3.8, 4) is 23.0 Å². The molecule has 1 aromatic heterocycles. The van der Waals surface area contributed by atoms with E-state index >= 15 is 0 Å². The number of esters is 1. The third kappa shape index (κ3) is 4.12. The third-order valence-electron chi connectivity index (χ3n) is 4.53. The second kappa shape index (κ2) is 8.60. The summed E-state index contributed by atoms with van der Waals surface area (Å²) in [6.07, 6.45) is 1.16. The molecule has 0 aliphatic rings. The van der Waals surface area contributed by atoms with Gasteiger partial charge in [-0.25, -0.2) is 4.79 Å². The van der Waals surface area contributed by atoms with E-state index in [4.69, 9.17) is 18.6 Å². The monoisotopic (exact) mass is 433 g/mol. The van der Waals surface area contributed by atoms with Gasteiger partial charge in [-0.05, 0) is 42.5 Å². The first-order valence-electron chi connectivity index (χ1n) is 9.29. The molecular formula is C23H15NO8. The molecule has 0 saturated heterocycles. The van der Waals surface area contributed by atoms with Crippen LogP contribution >= 0.6 is 0 Å². The van der Waals surface area contributed by atoms with E-state index in [1.165, 1.54) is 42.5 Å². The molecule has 32 heavy (non-hydrogen) atoms. The lowest BCUT2D eigenvalue weighted by molar-refractivity contribution is -0.385. The van der Waals surface area contributed by atoms with Gasteiger partial charge in [0, 0.05) is 12.1 Å². The molecule has 1 heterocycles. The van der Waals surface area contributed by atoms with Gasteiger partial charge < -0.3 is 18.6 Å². The Balaban J connectivity index is 1.58. The fraction of sp³-hybridized carbons (Fsp3) is 0.0435. The molecule has 0 N–H and O–H groups in total. The number of nitrogens with zero attached hydrogens (tertiary/aromatic N) is 1. The highest BCUT2D eigenvalue weighted by molar-refractivity contribution is 5.95. The van der Waals surface area contributed by atoms with Crippen molar-refractivity contribution >= 4 is 22.6 Å². The molecule has 160 valence electrons. The number of nitro benzene ring substituents is 1. The maximum absolute atomic E-state index is 12.7. The van der Waals surface area contributed by atoms with Crippen LogP contribution in [0.15, 0.2) is 82.2 Å². The van der Waals surface area contributed by atoms with Crippen LogP contribution in [0.5, 0.6) is 23.0 Å². The first-order valence-corrected chi connectivity index (χ1v) is 9.29. The Morgan fingerprint density at radius 3 is 2.38 bits per heavy atom. The van der Waals surface area contributed by atoms with Crippen LogP contribution in [0.25, 0.3) is 11.0 Å². The summed E-state index contributed by atoms with van der Waals surface area (Å²) in [7, 11) is 1.54. The highest BCUT2D eigenvalue weighted by atomic mass is 16.6. The summed E-state index contributed by atoms with van der Waals surface area (Å²) in [4.78, 5) is 35.6. The maximum Gasteiger partial charge on any atom is 0.350 e. The average Bonchev–Trinajstić information content (AvgIpc) is 2.81. The van der Waals surface area contributed by atoms with Crippen molar-refractivity contribution in [3.05, 3.63) is 98.9 Å². The predicted molar refractivity (Wildman–Crippen MR) is 114 cm³/mol. The normalized spacial score (nSPS) is 10.5. The summed E-state index contributed by atoms with van der Waals surface area (Å²) >= 11 is 0. The van der Waals surface area contributed by atoms with Gasteiger partial charge in [0.25, 0.3) is 5.69 Å². The van der Waals surface area contributed by atoms with Gasteiger partial charge in [0.1, 0.15) is 34.7 Å². The quantitative estimate of drug-likeness (QED) is 0.185. The molecule has 3 aromatic carbocycles. The maximum atomic E-state index is 12.7. The largest absolute Gasteiger partial charge is 0.497 e. The number of nitro groups is 1. The smallest absolute Gasteiger partial charge is 0.350 e.